The quantitative estimate of drug-likeness (QED) is 0.440. The Labute approximate surface area is 189 Å². The van der Waals surface area contributed by atoms with Crippen LogP contribution in [0.4, 0.5) is 0 Å². The lowest BCUT2D eigenvalue weighted by Crippen LogP contribution is -2.50. The highest BCUT2D eigenvalue weighted by Gasteiger charge is 2.75. The highest BCUT2D eigenvalue weighted by atomic mass is 32.2. The van der Waals surface area contributed by atoms with E-state index in [1.54, 1.807) is 0 Å². The maximum absolute atomic E-state index is 13.9. The van der Waals surface area contributed by atoms with Gasteiger partial charge < -0.3 is 4.55 Å². The molecular formula is C24H36O5S2. The normalized spacial score (nSPS) is 46.2. The van der Waals surface area contributed by atoms with Gasteiger partial charge in [0.25, 0.3) is 0 Å². The van der Waals surface area contributed by atoms with Crippen molar-refractivity contribution in [2.45, 2.75) is 88.6 Å². The van der Waals surface area contributed by atoms with Gasteiger partial charge in [-0.15, -0.1) is 0 Å². The number of Topliss-reactive ketones (excluding diaryl/α,β-unsaturated/α-hetero) is 2. The van der Waals surface area contributed by atoms with Crippen LogP contribution in [0.3, 0.4) is 0 Å². The molecule has 8 unspecified atom stereocenters. The monoisotopic (exact) mass is 468 g/mol. The molecule has 5 nitrogen and oxygen atoms in total. The molecule has 5 aliphatic rings. The van der Waals surface area contributed by atoms with Gasteiger partial charge in [0.15, 0.2) is 22.1 Å². The average molecular weight is 469 g/mol. The molecular weight excluding hydrogens is 432 g/mol. The molecule has 0 amide bonds. The molecule has 7 heteroatoms. The first-order valence-corrected chi connectivity index (χ1v) is 15.3. The zero-order valence-corrected chi connectivity index (χ0v) is 20.4. The van der Waals surface area contributed by atoms with Gasteiger partial charge in [0.1, 0.15) is 5.75 Å². The predicted molar refractivity (Wildman–Crippen MR) is 121 cm³/mol. The second kappa shape index (κ2) is 7.56. The second-order valence-corrected chi connectivity index (χ2v) is 15.3. The van der Waals surface area contributed by atoms with Crippen LogP contribution in [0.15, 0.2) is 0 Å². The molecule has 4 bridgehead atoms. The fourth-order valence-corrected chi connectivity index (χ4v) is 13.7. The van der Waals surface area contributed by atoms with Crippen molar-refractivity contribution in [3.05, 3.63) is 0 Å². The Kier molecular flexibility index (Phi) is 5.46. The van der Waals surface area contributed by atoms with Gasteiger partial charge in [-0.3, -0.25) is 9.59 Å². The van der Waals surface area contributed by atoms with E-state index in [0.29, 0.717) is 24.0 Å². The van der Waals surface area contributed by atoms with Gasteiger partial charge in [0, 0.05) is 51.1 Å². The number of hydrogen-bond acceptors (Lipinski definition) is 5. The van der Waals surface area contributed by atoms with Gasteiger partial charge in [-0.1, -0.05) is 33.1 Å². The largest absolute Gasteiger partial charge is 0.748 e. The molecule has 5 rings (SSSR count). The molecule has 0 spiro atoms. The van der Waals surface area contributed by atoms with Gasteiger partial charge in [0.2, 0.25) is 0 Å². The summed E-state index contributed by atoms with van der Waals surface area (Å²) in [5.41, 5.74) is -1.55. The van der Waals surface area contributed by atoms with Crippen molar-refractivity contribution >= 4 is 32.6 Å². The minimum absolute atomic E-state index is 0.00526. The lowest BCUT2D eigenvalue weighted by Gasteiger charge is -2.36. The van der Waals surface area contributed by atoms with Crippen LogP contribution in [0.1, 0.15) is 78.1 Å². The Morgan fingerprint density at radius 3 is 2.32 bits per heavy atom. The van der Waals surface area contributed by atoms with Crippen LogP contribution in [0.5, 0.6) is 0 Å². The van der Waals surface area contributed by atoms with Crippen molar-refractivity contribution in [3.63, 3.8) is 0 Å². The summed E-state index contributed by atoms with van der Waals surface area (Å²) in [5.74, 6) is 2.19. The van der Waals surface area contributed by atoms with Crippen LogP contribution in [0.2, 0.25) is 0 Å². The Morgan fingerprint density at radius 1 is 1.00 bits per heavy atom. The predicted octanol–water partition coefficient (Wildman–Crippen LogP) is 3.47. The van der Waals surface area contributed by atoms with E-state index < -0.39 is 26.7 Å². The molecule has 0 aliphatic heterocycles. The SMILES string of the molecule is CC12CCC(C([S+](CC3CCCCC3)C3C(=O)C4CCC3C4)C1=O)C2(C)CS(=O)(=O)[O-]. The highest BCUT2D eigenvalue weighted by Crippen LogP contribution is 2.66. The molecule has 0 aromatic rings. The van der Waals surface area contributed by atoms with Crippen molar-refractivity contribution in [3.8, 4) is 0 Å². The summed E-state index contributed by atoms with van der Waals surface area (Å²) in [4.78, 5) is 27.3. The van der Waals surface area contributed by atoms with E-state index in [-0.39, 0.29) is 39.0 Å². The summed E-state index contributed by atoms with van der Waals surface area (Å²) in [6, 6.07) is 0. The Bertz CT molecular complexity index is 878. The molecule has 5 saturated carbocycles. The number of fused-ring (bicyclic) bond motifs is 4. The molecule has 8 atom stereocenters. The van der Waals surface area contributed by atoms with Gasteiger partial charge in [-0.05, 0) is 44.9 Å². The molecule has 0 N–H and O–H groups in total. The smallest absolute Gasteiger partial charge is 0.191 e. The second-order valence-electron chi connectivity index (χ2n) is 11.6. The fourth-order valence-electron chi connectivity index (χ4n) is 8.23. The molecule has 5 fully saturated rings. The molecule has 0 heterocycles. The summed E-state index contributed by atoms with van der Waals surface area (Å²) in [7, 11) is -4.76. The zero-order chi connectivity index (χ0) is 22.2. The molecule has 5 aliphatic carbocycles. The van der Waals surface area contributed by atoms with Crippen molar-refractivity contribution in [2.75, 3.05) is 11.5 Å². The molecule has 31 heavy (non-hydrogen) atoms. The van der Waals surface area contributed by atoms with E-state index >= 15 is 0 Å². The van der Waals surface area contributed by atoms with E-state index in [2.05, 4.69) is 0 Å². The third-order valence-corrected chi connectivity index (χ3v) is 14.3. The maximum Gasteiger partial charge on any atom is 0.191 e. The maximum atomic E-state index is 13.9. The van der Waals surface area contributed by atoms with Crippen LogP contribution >= 0.6 is 0 Å². The standard InChI is InChI=1S/C24H36O5S2/c1-23-11-10-18(24(23,2)14-31(27,28)29)21(22(23)26)30(13-15-6-4-3-5-7-15)20-17-9-8-16(12-17)19(20)25/h15-18,20-21H,3-14H2,1-2H3. The van der Waals surface area contributed by atoms with Gasteiger partial charge in [-0.2, -0.15) is 0 Å². The summed E-state index contributed by atoms with van der Waals surface area (Å²) < 4.78 is 35.5. The highest BCUT2D eigenvalue weighted by molar-refractivity contribution is 7.99. The molecule has 0 radical (unpaired) electrons. The van der Waals surface area contributed by atoms with Crippen LogP contribution < -0.4 is 0 Å². The number of carbonyl (C=O) groups excluding carboxylic acids is 2. The number of hydrogen-bond donors (Lipinski definition) is 0. The Balaban J connectivity index is 1.51. The van der Waals surface area contributed by atoms with E-state index in [4.69, 9.17) is 0 Å². The zero-order valence-electron chi connectivity index (χ0n) is 18.8. The van der Waals surface area contributed by atoms with Gasteiger partial charge in [0.05, 0.1) is 10.1 Å². The lowest BCUT2D eigenvalue weighted by molar-refractivity contribution is -0.127. The Morgan fingerprint density at radius 2 is 1.71 bits per heavy atom. The number of ketones is 2. The lowest BCUT2D eigenvalue weighted by atomic mass is 9.70. The van der Waals surface area contributed by atoms with Crippen LogP contribution in [-0.4, -0.2) is 46.5 Å². The molecule has 174 valence electrons. The average Bonchev–Trinajstić information content (AvgIpc) is 3.38. The summed E-state index contributed by atoms with van der Waals surface area (Å²) >= 11 is 0. The molecule has 0 saturated heterocycles. The third kappa shape index (κ3) is 3.39. The van der Waals surface area contributed by atoms with Crippen LogP contribution in [0, 0.1) is 34.5 Å². The van der Waals surface area contributed by atoms with Crippen molar-refractivity contribution in [1.82, 2.24) is 0 Å². The first-order valence-electron chi connectivity index (χ1n) is 12.3. The van der Waals surface area contributed by atoms with Gasteiger partial charge in [-0.25, -0.2) is 8.42 Å². The summed E-state index contributed by atoms with van der Waals surface area (Å²) in [6.07, 6.45) is 10.7. The van der Waals surface area contributed by atoms with E-state index in [0.717, 1.165) is 31.4 Å². The first-order chi connectivity index (χ1) is 14.6. The summed E-state index contributed by atoms with van der Waals surface area (Å²) in [6.45, 7) is 3.79. The van der Waals surface area contributed by atoms with E-state index in [1.807, 2.05) is 13.8 Å². The van der Waals surface area contributed by atoms with E-state index in [9.17, 15) is 22.6 Å². The minimum atomic E-state index is -4.43. The number of carbonyl (C=O) groups is 2. The molecule has 0 aromatic heterocycles. The minimum Gasteiger partial charge on any atom is -0.748 e. The van der Waals surface area contributed by atoms with Crippen LogP contribution in [-0.2, 0) is 30.6 Å². The van der Waals surface area contributed by atoms with Gasteiger partial charge >= 0.3 is 0 Å². The van der Waals surface area contributed by atoms with E-state index in [1.165, 1.54) is 32.1 Å². The topological polar surface area (TPSA) is 91.3 Å². The summed E-state index contributed by atoms with van der Waals surface area (Å²) in [5, 5.41) is -0.216. The van der Waals surface area contributed by atoms with Crippen molar-refractivity contribution in [2.24, 2.45) is 34.5 Å². The molecule has 0 aromatic carbocycles. The van der Waals surface area contributed by atoms with Crippen molar-refractivity contribution in [1.29, 1.82) is 0 Å². The Hall–Kier alpha value is -0.400. The third-order valence-electron chi connectivity index (χ3n) is 10.1. The first kappa shape index (κ1) is 22.4. The van der Waals surface area contributed by atoms with Crippen LogP contribution in [0.25, 0.3) is 0 Å². The van der Waals surface area contributed by atoms with Crippen molar-refractivity contribution < 1.29 is 22.6 Å². The fraction of sp³-hybridized carbons (Fsp3) is 0.917. The number of rotatable bonds is 6.